The highest BCUT2D eigenvalue weighted by Crippen LogP contribution is 2.19. The zero-order valence-corrected chi connectivity index (χ0v) is 10.8. The van der Waals surface area contributed by atoms with Crippen molar-refractivity contribution < 1.29 is 4.39 Å². The fourth-order valence-corrected chi connectivity index (χ4v) is 2.44. The lowest BCUT2D eigenvalue weighted by atomic mass is 10.1. The zero-order chi connectivity index (χ0) is 13.0. The van der Waals surface area contributed by atoms with E-state index in [1.54, 1.807) is 17.4 Å². The highest BCUT2D eigenvalue weighted by atomic mass is 32.1. The third-order valence-electron chi connectivity index (χ3n) is 2.74. The SMILES string of the molecule is C[C@@H](NCc1cc(C#N)ccc1F)c1cccs1. The maximum absolute atomic E-state index is 13.6. The molecule has 1 atom stereocenters. The van der Waals surface area contributed by atoms with Crippen LogP contribution in [0.15, 0.2) is 35.7 Å². The molecule has 1 aromatic carbocycles. The number of nitrogens with zero attached hydrogens (tertiary/aromatic N) is 1. The van der Waals surface area contributed by atoms with Gasteiger partial charge >= 0.3 is 0 Å². The minimum absolute atomic E-state index is 0.176. The molecule has 1 aromatic heterocycles. The second-order valence-electron chi connectivity index (χ2n) is 4.04. The minimum Gasteiger partial charge on any atom is -0.305 e. The fourth-order valence-electron chi connectivity index (χ4n) is 1.68. The van der Waals surface area contributed by atoms with Crippen molar-refractivity contribution in [1.82, 2.24) is 5.32 Å². The Labute approximate surface area is 110 Å². The molecule has 2 rings (SSSR count). The summed E-state index contributed by atoms with van der Waals surface area (Å²) in [5.74, 6) is -0.278. The van der Waals surface area contributed by atoms with Gasteiger partial charge in [0.05, 0.1) is 11.6 Å². The van der Waals surface area contributed by atoms with Crippen LogP contribution in [0.2, 0.25) is 0 Å². The molecule has 0 unspecified atom stereocenters. The second-order valence-corrected chi connectivity index (χ2v) is 5.02. The molecule has 0 aliphatic heterocycles. The summed E-state index contributed by atoms with van der Waals surface area (Å²) in [6.07, 6.45) is 0. The largest absolute Gasteiger partial charge is 0.305 e. The standard InChI is InChI=1S/C14H13FN2S/c1-10(14-3-2-6-18-14)17-9-12-7-11(8-16)4-5-13(12)15/h2-7,10,17H,9H2,1H3/t10-/m1/s1. The molecule has 0 saturated carbocycles. The van der Waals surface area contributed by atoms with Crippen LogP contribution in [0.4, 0.5) is 4.39 Å². The molecule has 0 spiro atoms. The van der Waals surface area contributed by atoms with Gasteiger partial charge in [0, 0.05) is 23.0 Å². The van der Waals surface area contributed by atoms with Crippen molar-refractivity contribution in [2.45, 2.75) is 19.5 Å². The maximum Gasteiger partial charge on any atom is 0.127 e. The van der Waals surface area contributed by atoms with Gasteiger partial charge in [0.15, 0.2) is 0 Å². The average Bonchev–Trinajstić information content (AvgIpc) is 2.91. The first-order valence-electron chi connectivity index (χ1n) is 5.66. The van der Waals surface area contributed by atoms with E-state index in [0.717, 1.165) is 0 Å². The van der Waals surface area contributed by atoms with Crippen LogP contribution in [0.5, 0.6) is 0 Å². The van der Waals surface area contributed by atoms with Gasteiger partial charge in [0.25, 0.3) is 0 Å². The zero-order valence-electron chi connectivity index (χ0n) is 9.98. The Hall–Kier alpha value is -1.70. The van der Waals surface area contributed by atoms with Crippen LogP contribution in [0.25, 0.3) is 0 Å². The van der Waals surface area contributed by atoms with Crippen LogP contribution in [0.1, 0.15) is 29.0 Å². The first kappa shape index (κ1) is 12.7. The molecule has 4 heteroatoms. The normalized spacial score (nSPS) is 12.1. The van der Waals surface area contributed by atoms with Crippen molar-refractivity contribution in [3.05, 3.63) is 57.5 Å². The van der Waals surface area contributed by atoms with Crippen molar-refractivity contribution in [1.29, 1.82) is 5.26 Å². The molecule has 0 bridgehead atoms. The Bertz CT molecular complexity index is 558. The molecular weight excluding hydrogens is 247 g/mol. The molecule has 0 radical (unpaired) electrons. The van der Waals surface area contributed by atoms with Crippen molar-refractivity contribution in [2.75, 3.05) is 0 Å². The Morgan fingerprint density at radius 1 is 1.44 bits per heavy atom. The van der Waals surface area contributed by atoms with Gasteiger partial charge in [-0.2, -0.15) is 5.26 Å². The summed E-state index contributed by atoms with van der Waals surface area (Å²) < 4.78 is 13.6. The predicted octanol–water partition coefficient (Wildman–Crippen LogP) is 3.61. The van der Waals surface area contributed by atoms with E-state index < -0.39 is 0 Å². The topological polar surface area (TPSA) is 35.8 Å². The van der Waals surface area contributed by atoms with E-state index in [-0.39, 0.29) is 11.9 Å². The number of hydrogen-bond donors (Lipinski definition) is 1. The van der Waals surface area contributed by atoms with Gasteiger partial charge in [0.1, 0.15) is 5.82 Å². The van der Waals surface area contributed by atoms with E-state index in [1.165, 1.54) is 17.0 Å². The van der Waals surface area contributed by atoms with Gasteiger partial charge in [-0.1, -0.05) is 6.07 Å². The van der Waals surface area contributed by atoms with Crippen molar-refractivity contribution >= 4 is 11.3 Å². The summed E-state index contributed by atoms with van der Waals surface area (Å²) in [6.45, 7) is 2.46. The molecule has 2 nitrogen and oxygen atoms in total. The molecule has 1 heterocycles. The Morgan fingerprint density at radius 3 is 2.94 bits per heavy atom. The molecule has 0 saturated heterocycles. The van der Waals surface area contributed by atoms with Gasteiger partial charge in [-0.05, 0) is 36.6 Å². The van der Waals surface area contributed by atoms with Gasteiger partial charge in [0.2, 0.25) is 0 Å². The first-order valence-corrected chi connectivity index (χ1v) is 6.54. The number of nitriles is 1. The van der Waals surface area contributed by atoms with E-state index in [2.05, 4.69) is 5.32 Å². The summed E-state index contributed by atoms with van der Waals surface area (Å²) in [5.41, 5.74) is 1.01. The van der Waals surface area contributed by atoms with Crippen molar-refractivity contribution in [2.24, 2.45) is 0 Å². The number of nitrogens with one attached hydrogen (secondary N) is 1. The number of rotatable bonds is 4. The van der Waals surface area contributed by atoms with Gasteiger partial charge < -0.3 is 5.32 Å². The summed E-state index contributed by atoms with van der Waals surface area (Å²) in [4.78, 5) is 1.21. The molecule has 0 aliphatic carbocycles. The van der Waals surface area contributed by atoms with Crippen LogP contribution >= 0.6 is 11.3 Å². The molecule has 92 valence electrons. The number of benzene rings is 1. The molecule has 0 aliphatic rings. The first-order chi connectivity index (χ1) is 8.70. The quantitative estimate of drug-likeness (QED) is 0.911. The van der Waals surface area contributed by atoms with Crippen LogP contribution in [-0.2, 0) is 6.54 Å². The third-order valence-corrected chi connectivity index (χ3v) is 3.80. The minimum atomic E-state index is -0.278. The van der Waals surface area contributed by atoms with Crippen LogP contribution in [-0.4, -0.2) is 0 Å². The van der Waals surface area contributed by atoms with E-state index in [4.69, 9.17) is 5.26 Å². The van der Waals surface area contributed by atoms with Crippen LogP contribution < -0.4 is 5.32 Å². The van der Waals surface area contributed by atoms with Crippen LogP contribution in [0, 0.1) is 17.1 Å². The predicted molar refractivity (Wildman–Crippen MR) is 70.7 cm³/mol. The number of halogens is 1. The monoisotopic (exact) mass is 260 g/mol. The number of thiophene rings is 1. The van der Waals surface area contributed by atoms with Gasteiger partial charge in [-0.15, -0.1) is 11.3 Å². The lowest BCUT2D eigenvalue weighted by Crippen LogP contribution is -2.18. The van der Waals surface area contributed by atoms with E-state index in [9.17, 15) is 4.39 Å². The summed E-state index contributed by atoms with van der Waals surface area (Å²) in [6, 6.07) is 10.6. The molecule has 0 fully saturated rings. The average molecular weight is 260 g/mol. The highest BCUT2D eigenvalue weighted by Gasteiger charge is 2.08. The lowest BCUT2D eigenvalue weighted by molar-refractivity contribution is 0.549. The van der Waals surface area contributed by atoms with E-state index in [0.29, 0.717) is 17.7 Å². The maximum atomic E-state index is 13.6. The van der Waals surface area contributed by atoms with Gasteiger partial charge in [-0.25, -0.2) is 4.39 Å². The van der Waals surface area contributed by atoms with E-state index in [1.807, 2.05) is 30.5 Å². The Morgan fingerprint density at radius 2 is 2.28 bits per heavy atom. The molecule has 2 aromatic rings. The van der Waals surface area contributed by atoms with Crippen molar-refractivity contribution in [3.63, 3.8) is 0 Å². The molecular formula is C14H13FN2S. The Balaban J connectivity index is 2.04. The van der Waals surface area contributed by atoms with Crippen molar-refractivity contribution in [3.8, 4) is 6.07 Å². The summed E-state index contributed by atoms with van der Waals surface area (Å²) >= 11 is 1.67. The smallest absolute Gasteiger partial charge is 0.127 e. The summed E-state index contributed by atoms with van der Waals surface area (Å²) in [7, 11) is 0. The number of hydrogen-bond acceptors (Lipinski definition) is 3. The second kappa shape index (κ2) is 5.76. The third kappa shape index (κ3) is 2.95. The van der Waals surface area contributed by atoms with Gasteiger partial charge in [-0.3, -0.25) is 0 Å². The van der Waals surface area contributed by atoms with Crippen LogP contribution in [0.3, 0.4) is 0 Å². The fraction of sp³-hybridized carbons (Fsp3) is 0.214. The Kier molecular flexibility index (Phi) is 4.08. The lowest BCUT2D eigenvalue weighted by Gasteiger charge is -2.12. The molecule has 1 N–H and O–H groups in total. The summed E-state index contributed by atoms with van der Waals surface area (Å²) in [5, 5.41) is 14.1. The van der Waals surface area contributed by atoms with E-state index >= 15 is 0 Å². The highest BCUT2D eigenvalue weighted by molar-refractivity contribution is 7.10. The molecule has 18 heavy (non-hydrogen) atoms. The molecule has 0 amide bonds.